The van der Waals surface area contributed by atoms with E-state index >= 15 is 0 Å². The summed E-state index contributed by atoms with van der Waals surface area (Å²) < 4.78 is 26.5. The first-order valence-electron chi connectivity index (χ1n) is 15.6. The summed E-state index contributed by atoms with van der Waals surface area (Å²) in [6.45, 7) is 15.8. The van der Waals surface area contributed by atoms with Gasteiger partial charge < -0.3 is 54.3 Å². The third kappa shape index (κ3) is 11.7. The Labute approximate surface area is 310 Å². The molecular formula is C35H48O19. The average Bonchev–Trinajstić information content (AvgIpc) is 3.11. The van der Waals surface area contributed by atoms with E-state index in [9.17, 15) is 59.4 Å². The number of carbonyl (C=O) groups is 6. The lowest BCUT2D eigenvalue weighted by Crippen LogP contribution is -2.62. The summed E-state index contributed by atoms with van der Waals surface area (Å²) in [5.74, 6) is -16.1. The number of aliphatic hydroxyl groups is 6. The van der Waals surface area contributed by atoms with E-state index in [-0.39, 0.29) is 22.3 Å². The predicted molar refractivity (Wildman–Crippen MR) is 182 cm³/mol. The summed E-state index contributed by atoms with van der Waals surface area (Å²) in [6, 6.07) is 0. The highest BCUT2D eigenvalue weighted by Crippen LogP contribution is 2.41. The van der Waals surface area contributed by atoms with Gasteiger partial charge in [-0.05, 0) is 34.6 Å². The van der Waals surface area contributed by atoms with Crippen molar-refractivity contribution in [3.8, 4) is 0 Å². The molecule has 0 radical (unpaired) electrons. The third-order valence-corrected chi connectivity index (χ3v) is 7.67. The highest BCUT2D eigenvalue weighted by Gasteiger charge is 2.63. The SMILES string of the molecule is C=C(C)C(=O)OOC(OC(=O)C(=C)C)(OC(=O)C(=C(OC(=O)C(=C)C)OC(=O)C(=C)C)C(OC(=O)C(=C)C)C(C)C(CO)(CO)CO)C(CO)(CO)CO. The van der Waals surface area contributed by atoms with Crippen LogP contribution in [-0.2, 0) is 62.2 Å². The molecule has 0 aliphatic heterocycles. The quantitative estimate of drug-likeness (QED) is 0.0150. The Hall–Kier alpha value is -5.02. The van der Waals surface area contributed by atoms with Crippen LogP contribution in [0.1, 0.15) is 41.5 Å². The molecule has 19 heteroatoms. The number of carbonyl (C=O) groups excluding carboxylic acids is 6. The van der Waals surface area contributed by atoms with Gasteiger partial charge >= 0.3 is 47.7 Å². The van der Waals surface area contributed by atoms with Crippen molar-refractivity contribution in [3.63, 3.8) is 0 Å². The summed E-state index contributed by atoms with van der Waals surface area (Å²) in [5, 5.41) is 62.3. The standard InChI is InChI=1S/C35H48O19/c1-18(2)26(42)48-25(23(11)33(12-36,13-37)14-38)24(32(49-27(43)19(3)4)50-28(44)20(5)6)31(47)52-35(51-29(45)21(7)8,34(15-39,16-40)17-41)54-53-30(46)22(9)10/h23,25,36-41H,1,3,5,7,9,12-17H2,2,4,6,8,10-11H3. The second-order valence-corrected chi connectivity index (χ2v) is 12.4. The lowest BCUT2D eigenvalue weighted by Gasteiger charge is -2.43. The molecule has 0 aliphatic rings. The lowest BCUT2D eigenvalue weighted by atomic mass is 9.73. The van der Waals surface area contributed by atoms with E-state index in [4.69, 9.17) is 28.6 Å². The van der Waals surface area contributed by atoms with Gasteiger partial charge in [0.25, 0.3) is 0 Å². The molecule has 0 heterocycles. The fraction of sp³-hybridized carbons (Fsp3) is 0.486. The van der Waals surface area contributed by atoms with Crippen LogP contribution >= 0.6 is 0 Å². The Morgan fingerprint density at radius 1 is 0.537 bits per heavy atom. The van der Waals surface area contributed by atoms with Crippen molar-refractivity contribution in [2.24, 2.45) is 16.7 Å². The van der Waals surface area contributed by atoms with Crippen molar-refractivity contribution < 1.29 is 92.9 Å². The van der Waals surface area contributed by atoms with Gasteiger partial charge in [-0.25, -0.2) is 28.8 Å². The maximum absolute atomic E-state index is 14.7. The minimum absolute atomic E-state index is 0.346. The van der Waals surface area contributed by atoms with Gasteiger partial charge in [-0.15, -0.1) is 0 Å². The van der Waals surface area contributed by atoms with Gasteiger partial charge in [0, 0.05) is 39.2 Å². The van der Waals surface area contributed by atoms with Crippen molar-refractivity contribution in [2.45, 2.75) is 53.6 Å². The number of hydrogen-bond acceptors (Lipinski definition) is 19. The van der Waals surface area contributed by atoms with Crippen LogP contribution in [0, 0.1) is 16.7 Å². The van der Waals surface area contributed by atoms with E-state index in [1.165, 1.54) is 0 Å². The molecule has 6 N–H and O–H groups in total. The molecule has 0 fully saturated rings. The maximum Gasteiger partial charge on any atom is 0.426 e. The Kier molecular flexibility index (Phi) is 19.1. The zero-order chi connectivity index (χ0) is 42.4. The third-order valence-electron chi connectivity index (χ3n) is 7.67. The van der Waals surface area contributed by atoms with Gasteiger partial charge in [0.2, 0.25) is 0 Å². The number of rotatable bonds is 23. The number of ether oxygens (including phenoxy) is 5. The van der Waals surface area contributed by atoms with Crippen LogP contribution in [0.25, 0.3) is 0 Å². The summed E-state index contributed by atoms with van der Waals surface area (Å²) >= 11 is 0. The predicted octanol–water partition coefficient (Wildman–Crippen LogP) is -0.146. The molecule has 302 valence electrons. The number of esters is 5. The largest absolute Gasteiger partial charge is 0.453 e. The molecule has 0 saturated heterocycles. The Morgan fingerprint density at radius 2 is 0.907 bits per heavy atom. The summed E-state index contributed by atoms with van der Waals surface area (Å²) in [5.41, 5.74) is -8.35. The van der Waals surface area contributed by atoms with Crippen molar-refractivity contribution >= 4 is 35.8 Å². The van der Waals surface area contributed by atoms with Gasteiger partial charge in [-0.3, -0.25) is 4.89 Å². The first-order chi connectivity index (χ1) is 25.0. The molecule has 0 spiro atoms. The topological polar surface area (TPSA) is 288 Å². The molecule has 0 aliphatic carbocycles. The van der Waals surface area contributed by atoms with Crippen LogP contribution < -0.4 is 0 Å². The Balaban J connectivity index is 8.84. The average molecular weight is 773 g/mol. The van der Waals surface area contributed by atoms with Crippen LogP contribution in [0.3, 0.4) is 0 Å². The van der Waals surface area contributed by atoms with Crippen molar-refractivity contribution in [2.75, 3.05) is 39.6 Å². The van der Waals surface area contributed by atoms with E-state index in [0.29, 0.717) is 0 Å². The molecule has 0 saturated carbocycles. The van der Waals surface area contributed by atoms with Crippen molar-refractivity contribution in [1.29, 1.82) is 0 Å². The van der Waals surface area contributed by atoms with Crippen LogP contribution in [0.5, 0.6) is 0 Å². The molecule has 0 rings (SSSR count). The van der Waals surface area contributed by atoms with Crippen LogP contribution in [0.4, 0.5) is 0 Å². The monoisotopic (exact) mass is 772 g/mol. The molecule has 19 nitrogen and oxygen atoms in total. The summed E-state index contributed by atoms with van der Waals surface area (Å²) in [7, 11) is 0. The van der Waals surface area contributed by atoms with E-state index < -0.39 is 121 Å². The smallest absolute Gasteiger partial charge is 0.426 e. The highest BCUT2D eigenvalue weighted by molar-refractivity contribution is 5.96. The molecule has 0 bridgehead atoms. The molecule has 54 heavy (non-hydrogen) atoms. The van der Waals surface area contributed by atoms with E-state index in [1.807, 2.05) is 0 Å². The van der Waals surface area contributed by atoms with E-state index in [0.717, 1.165) is 41.5 Å². The van der Waals surface area contributed by atoms with Gasteiger partial charge in [-0.2, -0.15) is 0 Å². The number of aliphatic hydroxyl groups excluding tert-OH is 6. The van der Waals surface area contributed by atoms with Crippen LogP contribution in [0.2, 0.25) is 0 Å². The van der Waals surface area contributed by atoms with Gasteiger partial charge in [-0.1, -0.05) is 44.7 Å². The zero-order valence-electron chi connectivity index (χ0n) is 30.9. The second kappa shape index (κ2) is 21.0. The number of hydrogen-bond donors (Lipinski definition) is 6. The maximum atomic E-state index is 14.7. The molecule has 3 atom stereocenters. The fourth-order valence-electron chi connectivity index (χ4n) is 3.67. The Morgan fingerprint density at radius 3 is 1.24 bits per heavy atom. The molecule has 0 amide bonds. The minimum Gasteiger partial charge on any atom is -0.453 e. The highest BCUT2D eigenvalue weighted by atomic mass is 17.3. The van der Waals surface area contributed by atoms with Crippen molar-refractivity contribution in [3.05, 3.63) is 72.3 Å². The summed E-state index contributed by atoms with van der Waals surface area (Å²) in [6.07, 6.45) is -2.36. The van der Waals surface area contributed by atoms with Gasteiger partial charge in [0.05, 0.1) is 39.6 Å². The molecule has 3 unspecified atom stereocenters. The molecule has 0 aromatic heterocycles. The summed E-state index contributed by atoms with van der Waals surface area (Å²) in [4.78, 5) is 88.9. The van der Waals surface area contributed by atoms with Gasteiger partial charge in [0.1, 0.15) is 11.5 Å². The lowest BCUT2D eigenvalue weighted by molar-refractivity contribution is -0.502. The van der Waals surface area contributed by atoms with Crippen molar-refractivity contribution in [1.82, 2.24) is 0 Å². The minimum atomic E-state index is -3.79. The van der Waals surface area contributed by atoms with E-state index in [1.54, 1.807) is 0 Å². The molecule has 0 aromatic rings. The molecule has 0 aromatic carbocycles. The first-order valence-corrected chi connectivity index (χ1v) is 15.6. The van der Waals surface area contributed by atoms with Gasteiger partial charge in [0.15, 0.2) is 5.57 Å². The fourth-order valence-corrected chi connectivity index (χ4v) is 3.67. The van der Waals surface area contributed by atoms with Crippen LogP contribution in [-0.4, -0.2) is 118 Å². The first kappa shape index (κ1) is 49.0. The zero-order valence-corrected chi connectivity index (χ0v) is 30.9. The van der Waals surface area contributed by atoms with Crippen LogP contribution in [0.15, 0.2) is 72.3 Å². The Bertz CT molecular complexity index is 1500. The van der Waals surface area contributed by atoms with E-state index in [2.05, 4.69) is 37.8 Å². The normalized spacial score (nSPS) is 13.4. The second-order valence-electron chi connectivity index (χ2n) is 12.4. The molecular weight excluding hydrogens is 724 g/mol.